The molecule has 0 aromatic carbocycles. The van der Waals surface area contributed by atoms with Gasteiger partial charge in [0.1, 0.15) is 0 Å². The second-order valence-electron chi connectivity index (χ2n) is 4.92. The SMILES string of the molecule is CC(C)(C)/C=C1\CCC[C@H](O)C1. The van der Waals surface area contributed by atoms with E-state index in [9.17, 15) is 5.11 Å². The van der Waals surface area contributed by atoms with Gasteiger partial charge in [0.05, 0.1) is 6.10 Å². The third kappa shape index (κ3) is 3.40. The van der Waals surface area contributed by atoms with Gasteiger partial charge in [0.15, 0.2) is 0 Å². The Morgan fingerprint density at radius 1 is 1.42 bits per heavy atom. The minimum Gasteiger partial charge on any atom is -0.393 e. The molecule has 12 heavy (non-hydrogen) atoms. The molecule has 0 saturated heterocycles. The summed E-state index contributed by atoms with van der Waals surface area (Å²) in [5.74, 6) is 0. The highest BCUT2D eigenvalue weighted by molar-refractivity contribution is 5.10. The Balaban J connectivity index is 2.56. The van der Waals surface area contributed by atoms with Gasteiger partial charge in [-0.25, -0.2) is 0 Å². The number of aliphatic hydroxyl groups is 1. The molecule has 0 aromatic heterocycles. The van der Waals surface area contributed by atoms with Crippen molar-refractivity contribution >= 4 is 0 Å². The standard InChI is InChI=1S/C11H20O/c1-11(2,3)8-9-5-4-6-10(12)7-9/h8,10,12H,4-7H2,1-3H3/b9-8+/t10-/m0/s1. The summed E-state index contributed by atoms with van der Waals surface area (Å²) >= 11 is 0. The van der Waals surface area contributed by atoms with E-state index in [1.54, 1.807) is 0 Å². The zero-order valence-corrected chi connectivity index (χ0v) is 8.43. The van der Waals surface area contributed by atoms with Crippen molar-refractivity contribution < 1.29 is 5.11 Å². The number of hydrogen-bond acceptors (Lipinski definition) is 1. The maximum Gasteiger partial charge on any atom is 0.0577 e. The van der Waals surface area contributed by atoms with E-state index in [1.807, 2.05) is 0 Å². The minimum atomic E-state index is -0.0765. The van der Waals surface area contributed by atoms with Crippen molar-refractivity contribution in [2.24, 2.45) is 5.41 Å². The molecule has 0 unspecified atom stereocenters. The molecule has 0 heterocycles. The predicted molar refractivity (Wildman–Crippen MR) is 52.0 cm³/mol. The lowest BCUT2D eigenvalue weighted by Gasteiger charge is -2.23. The average molecular weight is 168 g/mol. The largest absolute Gasteiger partial charge is 0.393 e. The highest BCUT2D eigenvalue weighted by Gasteiger charge is 2.16. The number of hydrogen-bond donors (Lipinski definition) is 1. The van der Waals surface area contributed by atoms with Crippen molar-refractivity contribution in [1.82, 2.24) is 0 Å². The van der Waals surface area contributed by atoms with Crippen molar-refractivity contribution in [3.8, 4) is 0 Å². The Labute approximate surface area is 75.5 Å². The first-order chi connectivity index (χ1) is 5.47. The van der Waals surface area contributed by atoms with Gasteiger partial charge in [-0.3, -0.25) is 0 Å². The van der Waals surface area contributed by atoms with E-state index >= 15 is 0 Å². The molecule has 0 spiro atoms. The summed E-state index contributed by atoms with van der Waals surface area (Å²) in [5, 5.41) is 9.44. The van der Waals surface area contributed by atoms with Gasteiger partial charge in [-0.15, -0.1) is 0 Å². The first kappa shape index (κ1) is 9.79. The van der Waals surface area contributed by atoms with Crippen LogP contribution in [0.5, 0.6) is 0 Å². The van der Waals surface area contributed by atoms with Crippen LogP contribution in [0, 0.1) is 5.41 Å². The molecule has 1 N–H and O–H groups in total. The average Bonchev–Trinajstić information content (AvgIpc) is 1.82. The van der Waals surface area contributed by atoms with E-state index in [0.29, 0.717) is 0 Å². The molecule has 0 aliphatic heterocycles. The maximum absolute atomic E-state index is 9.44. The molecular weight excluding hydrogens is 148 g/mol. The maximum atomic E-state index is 9.44. The first-order valence-electron chi connectivity index (χ1n) is 4.86. The van der Waals surface area contributed by atoms with Crippen LogP contribution in [-0.2, 0) is 0 Å². The Hall–Kier alpha value is -0.300. The molecule has 70 valence electrons. The fourth-order valence-corrected chi connectivity index (χ4v) is 1.81. The van der Waals surface area contributed by atoms with Gasteiger partial charge in [0.2, 0.25) is 0 Å². The number of allylic oxidation sites excluding steroid dienone is 1. The lowest BCUT2D eigenvalue weighted by molar-refractivity contribution is 0.149. The summed E-state index contributed by atoms with van der Waals surface area (Å²) in [4.78, 5) is 0. The van der Waals surface area contributed by atoms with Gasteiger partial charge in [-0.2, -0.15) is 0 Å². The van der Waals surface area contributed by atoms with Crippen LogP contribution in [0.2, 0.25) is 0 Å². The molecule has 1 aliphatic rings. The lowest BCUT2D eigenvalue weighted by atomic mass is 9.86. The normalized spacial score (nSPS) is 29.3. The molecule has 1 nitrogen and oxygen atoms in total. The van der Waals surface area contributed by atoms with Gasteiger partial charge < -0.3 is 5.11 Å². The molecule has 0 radical (unpaired) electrons. The zero-order chi connectivity index (χ0) is 9.19. The van der Waals surface area contributed by atoms with Crippen molar-refractivity contribution in [1.29, 1.82) is 0 Å². The topological polar surface area (TPSA) is 20.2 Å². The summed E-state index contributed by atoms with van der Waals surface area (Å²) < 4.78 is 0. The van der Waals surface area contributed by atoms with Crippen LogP contribution in [0.3, 0.4) is 0 Å². The van der Waals surface area contributed by atoms with Crippen molar-refractivity contribution in [3.63, 3.8) is 0 Å². The summed E-state index contributed by atoms with van der Waals surface area (Å²) in [6, 6.07) is 0. The molecule has 1 aliphatic carbocycles. The van der Waals surface area contributed by atoms with Crippen LogP contribution in [0.1, 0.15) is 46.5 Å². The Morgan fingerprint density at radius 3 is 2.58 bits per heavy atom. The fraction of sp³-hybridized carbons (Fsp3) is 0.818. The zero-order valence-electron chi connectivity index (χ0n) is 8.43. The Kier molecular flexibility index (Phi) is 2.94. The van der Waals surface area contributed by atoms with Crippen molar-refractivity contribution in [3.05, 3.63) is 11.6 Å². The molecule has 1 rings (SSSR count). The second kappa shape index (κ2) is 3.61. The summed E-state index contributed by atoms with van der Waals surface area (Å²) in [7, 11) is 0. The summed E-state index contributed by atoms with van der Waals surface area (Å²) in [6.07, 6.45) is 6.47. The fourth-order valence-electron chi connectivity index (χ4n) is 1.81. The number of aliphatic hydroxyl groups excluding tert-OH is 1. The number of rotatable bonds is 0. The van der Waals surface area contributed by atoms with Crippen LogP contribution in [0.25, 0.3) is 0 Å². The smallest absolute Gasteiger partial charge is 0.0577 e. The van der Waals surface area contributed by atoms with E-state index < -0.39 is 0 Å². The molecule has 1 heteroatoms. The van der Waals surface area contributed by atoms with Crippen molar-refractivity contribution in [2.45, 2.75) is 52.6 Å². The second-order valence-corrected chi connectivity index (χ2v) is 4.92. The van der Waals surface area contributed by atoms with Crippen LogP contribution < -0.4 is 0 Å². The molecule has 0 aromatic rings. The van der Waals surface area contributed by atoms with Gasteiger partial charge in [0.25, 0.3) is 0 Å². The molecule has 1 fully saturated rings. The van der Waals surface area contributed by atoms with Crippen LogP contribution in [-0.4, -0.2) is 11.2 Å². The Morgan fingerprint density at radius 2 is 2.08 bits per heavy atom. The Bertz CT molecular complexity index is 174. The van der Waals surface area contributed by atoms with E-state index in [-0.39, 0.29) is 11.5 Å². The minimum absolute atomic E-state index is 0.0765. The van der Waals surface area contributed by atoms with Gasteiger partial charge in [0, 0.05) is 0 Å². The van der Waals surface area contributed by atoms with E-state index in [0.717, 1.165) is 19.3 Å². The van der Waals surface area contributed by atoms with E-state index in [1.165, 1.54) is 12.0 Å². The monoisotopic (exact) mass is 168 g/mol. The highest BCUT2D eigenvalue weighted by Crippen LogP contribution is 2.28. The highest BCUT2D eigenvalue weighted by atomic mass is 16.3. The van der Waals surface area contributed by atoms with E-state index in [2.05, 4.69) is 26.8 Å². The molecule has 1 saturated carbocycles. The lowest BCUT2D eigenvalue weighted by Crippen LogP contribution is -2.14. The molecular formula is C11H20O. The quantitative estimate of drug-likeness (QED) is 0.551. The van der Waals surface area contributed by atoms with Crippen LogP contribution >= 0.6 is 0 Å². The predicted octanol–water partition coefficient (Wildman–Crippen LogP) is 2.89. The van der Waals surface area contributed by atoms with Crippen LogP contribution in [0.15, 0.2) is 11.6 Å². The third-order valence-electron chi connectivity index (χ3n) is 2.17. The summed E-state index contributed by atoms with van der Waals surface area (Å²) in [5.41, 5.74) is 1.72. The van der Waals surface area contributed by atoms with Gasteiger partial charge in [-0.1, -0.05) is 32.4 Å². The summed E-state index contributed by atoms with van der Waals surface area (Å²) in [6.45, 7) is 6.63. The first-order valence-corrected chi connectivity index (χ1v) is 4.86. The third-order valence-corrected chi connectivity index (χ3v) is 2.17. The molecule has 0 bridgehead atoms. The van der Waals surface area contributed by atoms with Gasteiger partial charge >= 0.3 is 0 Å². The molecule has 1 atom stereocenters. The van der Waals surface area contributed by atoms with Gasteiger partial charge in [-0.05, 0) is 31.1 Å². The van der Waals surface area contributed by atoms with Crippen LogP contribution in [0.4, 0.5) is 0 Å². The van der Waals surface area contributed by atoms with E-state index in [4.69, 9.17) is 0 Å². The van der Waals surface area contributed by atoms with Crippen molar-refractivity contribution in [2.75, 3.05) is 0 Å². The molecule has 0 amide bonds.